The number of halogens is 1. The summed E-state index contributed by atoms with van der Waals surface area (Å²) in [6.45, 7) is 1.10. The summed E-state index contributed by atoms with van der Waals surface area (Å²) in [7, 11) is 3.66. The fourth-order valence-electron chi connectivity index (χ4n) is 4.14. The Bertz CT molecular complexity index is 1010. The van der Waals surface area contributed by atoms with Crippen molar-refractivity contribution in [3.8, 4) is 0 Å². The van der Waals surface area contributed by atoms with E-state index in [0.29, 0.717) is 25.2 Å². The van der Waals surface area contributed by atoms with E-state index in [1.54, 1.807) is 24.3 Å². The fourth-order valence-corrected chi connectivity index (χ4v) is 4.14. The molecule has 2 aromatic heterocycles. The van der Waals surface area contributed by atoms with Crippen molar-refractivity contribution >= 4 is 5.91 Å². The lowest BCUT2D eigenvalue weighted by Gasteiger charge is -2.25. The highest BCUT2D eigenvalue weighted by molar-refractivity contribution is 5.94. The predicted molar refractivity (Wildman–Crippen MR) is 112 cm³/mol. The van der Waals surface area contributed by atoms with Gasteiger partial charge in [0.25, 0.3) is 5.91 Å². The Morgan fingerprint density at radius 2 is 2.17 bits per heavy atom. The smallest absolute Gasteiger partial charge is 0.274 e. The average molecular weight is 410 g/mol. The van der Waals surface area contributed by atoms with Crippen molar-refractivity contribution in [1.82, 2.24) is 20.0 Å². The normalized spacial score (nSPS) is 15.8. The number of hydrogen-bond donors (Lipinski definition) is 1. The van der Waals surface area contributed by atoms with Gasteiger partial charge in [-0.1, -0.05) is 18.2 Å². The molecule has 158 valence electrons. The first kappa shape index (κ1) is 20.3. The molecule has 4 rings (SSSR count). The Balaban J connectivity index is 1.41. The van der Waals surface area contributed by atoms with Crippen molar-refractivity contribution in [2.45, 2.75) is 38.3 Å². The van der Waals surface area contributed by atoms with Gasteiger partial charge in [0.05, 0.1) is 12.8 Å². The second-order valence-electron chi connectivity index (χ2n) is 7.87. The minimum Gasteiger partial charge on any atom is -0.467 e. The third-order valence-electron chi connectivity index (χ3n) is 5.76. The maximum atomic E-state index is 13.8. The van der Waals surface area contributed by atoms with E-state index in [0.717, 1.165) is 41.8 Å². The lowest BCUT2D eigenvalue weighted by molar-refractivity contribution is 0.0767. The van der Waals surface area contributed by atoms with Crippen LogP contribution in [0.2, 0.25) is 0 Å². The predicted octanol–water partition coefficient (Wildman–Crippen LogP) is 3.11. The van der Waals surface area contributed by atoms with Crippen molar-refractivity contribution in [2.75, 3.05) is 13.6 Å². The third kappa shape index (κ3) is 4.31. The highest BCUT2D eigenvalue weighted by atomic mass is 19.1. The van der Waals surface area contributed by atoms with Crippen LogP contribution >= 0.6 is 0 Å². The Hall–Kier alpha value is -2.93. The molecule has 1 aliphatic carbocycles. The van der Waals surface area contributed by atoms with Crippen LogP contribution in [-0.2, 0) is 32.9 Å². The van der Waals surface area contributed by atoms with Crippen LogP contribution in [-0.4, -0.2) is 40.2 Å². The molecule has 1 aromatic carbocycles. The summed E-state index contributed by atoms with van der Waals surface area (Å²) in [5, 5.41) is 8.07. The SMILES string of the molecule is CN(Cc1ccco1)C(=O)c1nn(C)c2c1C[C@H](NCCc1ccccc1F)CC2. The molecule has 0 bridgehead atoms. The zero-order valence-corrected chi connectivity index (χ0v) is 17.4. The molecule has 0 fully saturated rings. The van der Waals surface area contributed by atoms with Crippen LogP contribution < -0.4 is 5.32 Å². The maximum Gasteiger partial charge on any atom is 0.274 e. The first-order valence-electron chi connectivity index (χ1n) is 10.3. The van der Waals surface area contributed by atoms with Gasteiger partial charge in [-0.05, 0) is 56.0 Å². The Morgan fingerprint density at radius 3 is 2.93 bits per heavy atom. The molecule has 1 aliphatic rings. The van der Waals surface area contributed by atoms with Gasteiger partial charge < -0.3 is 14.6 Å². The fraction of sp³-hybridized carbons (Fsp3) is 0.391. The molecule has 1 amide bonds. The number of aromatic nitrogens is 2. The molecule has 0 unspecified atom stereocenters. The Morgan fingerprint density at radius 1 is 1.33 bits per heavy atom. The van der Waals surface area contributed by atoms with Gasteiger partial charge >= 0.3 is 0 Å². The number of furan rings is 1. The van der Waals surface area contributed by atoms with E-state index < -0.39 is 0 Å². The third-order valence-corrected chi connectivity index (χ3v) is 5.76. The Labute approximate surface area is 175 Å². The topological polar surface area (TPSA) is 63.3 Å². The molecule has 30 heavy (non-hydrogen) atoms. The number of carbonyl (C=O) groups excluding carboxylic acids is 1. The van der Waals surface area contributed by atoms with Crippen LogP contribution in [0.5, 0.6) is 0 Å². The summed E-state index contributed by atoms with van der Waals surface area (Å²) in [4.78, 5) is 14.7. The van der Waals surface area contributed by atoms with Crippen LogP contribution in [0.15, 0.2) is 47.1 Å². The summed E-state index contributed by atoms with van der Waals surface area (Å²) in [5.41, 5.74) is 3.38. The number of aryl methyl sites for hydroxylation is 1. The average Bonchev–Trinajstić information content (AvgIpc) is 3.36. The Kier molecular flexibility index (Phi) is 5.99. The van der Waals surface area contributed by atoms with Gasteiger partial charge in [0.2, 0.25) is 0 Å². The molecule has 0 radical (unpaired) electrons. The summed E-state index contributed by atoms with van der Waals surface area (Å²) < 4.78 is 21.0. The standard InChI is InChI=1S/C23H27FN4O2/c1-27(15-18-7-5-13-30-18)23(29)22-19-14-17(9-10-21(19)28(2)26-22)25-12-11-16-6-3-4-8-20(16)24/h3-8,13,17,25H,9-12,14-15H2,1-2H3/t17-/m1/s1. The minimum atomic E-state index is -0.162. The van der Waals surface area contributed by atoms with E-state index in [1.165, 1.54) is 6.07 Å². The molecule has 0 spiro atoms. The van der Waals surface area contributed by atoms with Gasteiger partial charge in [-0.15, -0.1) is 0 Å². The maximum absolute atomic E-state index is 13.8. The van der Waals surface area contributed by atoms with Gasteiger partial charge in [-0.3, -0.25) is 9.48 Å². The largest absolute Gasteiger partial charge is 0.467 e. The van der Waals surface area contributed by atoms with Crippen LogP contribution in [0, 0.1) is 5.82 Å². The monoisotopic (exact) mass is 410 g/mol. The number of nitrogens with one attached hydrogen (secondary N) is 1. The zero-order valence-electron chi connectivity index (χ0n) is 17.4. The van der Waals surface area contributed by atoms with Gasteiger partial charge in [0, 0.05) is 31.4 Å². The lowest BCUT2D eigenvalue weighted by atomic mass is 9.91. The number of amides is 1. The second-order valence-corrected chi connectivity index (χ2v) is 7.87. The molecule has 0 saturated carbocycles. The number of fused-ring (bicyclic) bond motifs is 1. The van der Waals surface area contributed by atoms with Crippen molar-refractivity contribution < 1.29 is 13.6 Å². The highest BCUT2D eigenvalue weighted by Gasteiger charge is 2.29. The molecule has 1 N–H and O–H groups in total. The molecule has 0 aliphatic heterocycles. The number of rotatable bonds is 7. The van der Waals surface area contributed by atoms with E-state index in [-0.39, 0.29) is 17.8 Å². The first-order chi connectivity index (χ1) is 14.5. The van der Waals surface area contributed by atoms with Gasteiger partial charge in [-0.25, -0.2) is 4.39 Å². The molecule has 3 aromatic rings. The number of carbonyl (C=O) groups is 1. The van der Waals surface area contributed by atoms with Gasteiger partial charge in [0.15, 0.2) is 5.69 Å². The van der Waals surface area contributed by atoms with E-state index in [4.69, 9.17) is 4.42 Å². The molecule has 1 atom stereocenters. The summed E-state index contributed by atoms with van der Waals surface area (Å²) in [6.07, 6.45) is 4.83. The number of nitrogens with zero attached hydrogens (tertiary/aromatic N) is 3. The minimum absolute atomic E-state index is 0.102. The van der Waals surface area contributed by atoms with Crippen LogP contribution in [0.1, 0.15) is 39.5 Å². The summed E-state index contributed by atoms with van der Waals surface area (Å²) in [6, 6.07) is 10.8. The van der Waals surface area contributed by atoms with Crippen molar-refractivity contribution in [1.29, 1.82) is 0 Å². The van der Waals surface area contributed by atoms with Crippen molar-refractivity contribution in [3.63, 3.8) is 0 Å². The summed E-state index contributed by atoms with van der Waals surface area (Å²) >= 11 is 0. The van der Waals surface area contributed by atoms with Gasteiger partial charge in [0.1, 0.15) is 11.6 Å². The molecule has 2 heterocycles. The van der Waals surface area contributed by atoms with E-state index >= 15 is 0 Å². The van der Waals surface area contributed by atoms with E-state index in [1.807, 2.05) is 36.0 Å². The molecular formula is C23H27FN4O2. The quantitative estimate of drug-likeness (QED) is 0.650. The van der Waals surface area contributed by atoms with E-state index in [2.05, 4.69) is 10.4 Å². The highest BCUT2D eigenvalue weighted by Crippen LogP contribution is 2.25. The molecule has 0 saturated heterocycles. The second kappa shape index (κ2) is 8.83. The van der Waals surface area contributed by atoms with Crippen LogP contribution in [0.25, 0.3) is 0 Å². The van der Waals surface area contributed by atoms with Crippen LogP contribution in [0.3, 0.4) is 0 Å². The lowest BCUT2D eigenvalue weighted by Crippen LogP contribution is -2.37. The molecule has 6 nitrogen and oxygen atoms in total. The van der Waals surface area contributed by atoms with E-state index in [9.17, 15) is 9.18 Å². The first-order valence-corrected chi connectivity index (χ1v) is 10.3. The molecule has 7 heteroatoms. The zero-order chi connectivity index (χ0) is 21.1. The summed E-state index contributed by atoms with van der Waals surface area (Å²) in [5.74, 6) is 0.476. The van der Waals surface area contributed by atoms with Crippen molar-refractivity contribution in [3.05, 3.63) is 76.8 Å². The van der Waals surface area contributed by atoms with Gasteiger partial charge in [-0.2, -0.15) is 5.10 Å². The molecular weight excluding hydrogens is 383 g/mol. The number of hydrogen-bond acceptors (Lipinski definition) is 4. The van der Waals surface area contributed by atoms with Crippen molar-refractivity contribution in [2.24, 2.45) is 7.05 Å². The number of benzene rings is 1. The van der Waals surface area contributed by atoms with Crippen LogP contribution in [0.4, 0.5) is 4.39 Å².